The molecule has 0 bridgehead atoms. The van der Waals surface area contributed by atoms with E-state index in [1.165, 1.54) is 31.4 Å². The number of ether oxygens (including phenoxy) is 1. The highest BCUT2D eigenvalue weighted by Gasteiger charge is 2.22. The second kappa shape index (κ2) is 6.31. The van der Waals surface area contributed by atoms with E-state index >= 15 is 0 Å². The topological polar surface area (TPSA) is 29.5 Å². The lowest BCUT2D eigenvalue weighted by Gasteiger charge is -2.17. The lowest BCUT2D eigenvalue weighted by Crippen LogP contribution is -2.05. The number of aliphatic hydroxyl groups excluding tert-OH is 1. The number of rotatable bonds is 3. The van der Waals surface area contributed by atoms with E-state index in [0.29, 0.717) is 20.8 Å². The fourth-order valence-electron chi connectivity index (χ4n) is 1.84. The van der Waals surface area contributed by atoms with Crippen molar-refractivity contribution < 1.29 is 14.2 Å². The summed E-state index contributed by atoms with van der Waals surface area (Å²) >= 11 is 15.3. The Kier molecular flexibility index (Phi) is 4.91. The molecule has 6 heteroatoms. The Morgan fingerprint density at radius 2 is 1.95 bits per heavy atom. The molecule has 1 unspecified atom stereocenters. The molecule has 0 spiro atoms. The average molecular weight is 380 g/mol. The van der Waals surface area contributed by atoms with Crippen LogP contribution >= 0.6 is 39.1 Å². The minimum absolute atomic E-state index is 0.107. The van der Waals surface area contributed by atoms with Gasteiger partial charge in [0.1, 0.15) is 17.7 Å². The van der Waals surface area contributed by atoms with Crippen molar-refractivity contribution in [2.24, 2.45) is 0 Å². The Morgan fingerprint density at radius 1 is 1.25 bits per heavy atom. The Balaban J connectivity index is 2.54. The smallest absolute Gasteiger partial charge is 0.138 e. The first-order valence-electron chi connectivity index (χ1n) is 5.60. The summed E-state index contributed by atoms with van der Waals surface area (Å²) in [6.45, 7) is 0. The number of hydrogen-bond donors (Lipinski definition) is 1. The third-order valence-corrected chi connectivity index (χ3v) is 4.15. The second-order valence-corrected chi connectivity index (χ2v) is 5.71. The molecule has 0 saturated heterocycles. The van der Waals surface area contributed by atoms with Gasteiger partial charge in [0.2, 0.25) is 0 Å². The van der Waals surface area contributed by atoms with Gasteiger partial charge in [0, 0.05) is 21.7 Å². The molecule has 0 aromatic heterocycles. The highest BCUT2D eigenvalue weighted by molar-refractivity contribution is 9.10. The summed E-state index contributed by atoms with van der Waals surface area (Å²) in [6.07, 6.45) is -1.23. The molecule has 2 aromatic rings. The van der Waals surface area contributed by atoms with Gasteiger partial charge in [-0.2, -0.15) is 0 Å². The minimum Gasteiger partial charge on any atom is -0.495 e. The summed E-state index contributed by atoms with van der Waals surface area (Å²) < 4.78 is 19.4. The summed E-state index contributed by atoms with van der Waals surface area (Å²) in [5.41, 5.74) is 0.416. The predicted molar refractivity (Wildman–Crippen MR) is 81.2 cm³/mol. The number of methoxy groups -OCH3 is 1. The number of aliphatic hydroxyl groups is 1. The van der Waals surface area contributed by atoms with Crippen molar-refractivity contribution in [3.05, 3.63) is 61.8 Å². The molecule has 2 nitrogen and oxygen atoms in total. The quantitative estimate of drug-likeness (QED) is 0.814. The van der Waals surface area contributed by atoms with E-state index in [1.54, 1.807) is 6.07 Å². The van der Waals surface area contributed by atoms with Gasteiger partial charge in [-0.05, 0) is 18.2 Å². The minimum atomic E-state index is -1.23. The first-order valence-corrected chi connectivity index (χ1v) is 7.15. The number of benzene rings is 2. The number of halogens is 4. The van der Waals surface area contributed by atoms with Crippen LogP contribution in [0.4, 0.5) is 4.39 Å². The van der Waals surface area contributed by atoms with Crippen LogP contribution in [-0.2, 0) is 0 Å². The molecule has 0 fully saturated rings. The zero-order valence-corrected chi connectivity index (χ0v) is 13.4. The molecule has 106 valence electrons. The van der Waals surface area contributed by atoms with Gasteiger partial charge >= 0.3 is 0 Å². The van der Waals surface area contributed by atoms with E-state index in [9.17, 15) is 9.50 Å². The summed E-state index contributed by atoms with van der Waals surface area (Å²) in [5.74, 6) is -0.143. The first-order chi connectivity index (χ1) is 9.45. The van der Waals surface area contributed by atoms with Gasteiger partial charge in [0.05, 0.1) is 17.2 Å². The van der Waals surface area contributed by atoms with E-state index in [-0.39, 0.29) is 10.6 Å². The SMILES string of the molecule is COc1cc(Cl)c(C(O)c2c(F)cccc2Br)cc1Cl. The fourth-order valence-corrected chi connectivity index (χ4v) is 2.90. The summed E-state index contributed by atoms with van der Waals surface area (Å²) in [6, 6.07) is 7.39. The normalized spacial score (nSPS) is 12.3. The van der Waals surface area contributed by atoms with E-state index in [1.807, 2.05) is 0 Å². The Bertz CT molecular complexity index is 629. The zero-order chi connectivity index (χ0) is 14.9. The summed E-state index contributed by atoms with van der Waals surface area (Å²) in [5, 5.41) is 10.9. The molecule has 0 aliphatic heterocycles. The van der Waals surface area contributed by atoms with Gasteiger partial charge in [-0.1, -0.05) is 45.2 Å². The largest absolute Gasteiger partial charge is 0.495 e. The van der Waals surface area contributed by atoms with Crippen molar-refractivity contribution in [3.63, 3.8) is 0 Å². The van der Waals surface area contributed by atoms with Gasteiger partial charge in [-0.3, -0.25) is 0 Å². The van der Waals surface area contributed by atoms with E-state index in [2.05, 4.69) is 15.9 Å². The molecule has 2 aromatic carbocycles. The van der Waals surface area contributed by atoms with Crippen molar-refractivity contribution in [2.75, 3.05) is 7.11 Å². The molecular formula is C14H10BrCl2FO2. The highest BCUT2D eigenvalue weighted by atomic mass is 79.9. The molecule has 1 atom stereocenters. The standard InChI is InChI=1S/C14H10BrCl2FO2/c1-20-12-6-9(16)7(5-10(12)17)14(19)13-8(15)3-2-4-11(13)18/h2-6,14,19H,1H3. The molecule has 1 N–H and O–H groups in total. The van der Waals surface area contributed by atoms with Gasteiger partial charge in [-0.25, -0.2) is 4.39 Å². The molecule has 0 saturated carbocycles. The van der Waals surface area contributed by atoms with Crippen LogP contribution < -0.4 is 4.74 Å². The van der Waals surface area contributed by atoms with Gasteiger partial charge in [0.25, 0.3) is 0 Å². The Hall–Kier alpha value is -0.810. The van der Waals surface area contributed by atoms with Crippen molar-refractivity contribution in [2.45, 2.75) is 6.10 Å². The Morgan fingerprint density at radius 3 is 2.55 bits per heavy atom. The van der Waals surface area contributed by atoms with Gasteiger partial charge < -0.3 is 9.84 Å². The van der Waals surface area contributed by atoms with Crippen LogP contribution in [0.2, 0.25) is 10.0 Å². The molecule has 0 amide bonds. The third-order valence-electron chi connectivity index (χ3n) is 2.84. The van der Waals surface area contributed by atoms with Crippen molar-refractivity contribution >= 4 is 39.1 Å². The van der Waals surface area contributed by atoms with E-state index in [0.717, 1.165) is 0 Å². The molecule has 0 aliphatic rings. The maximum absolute atomic E-state index is 13.9. The van der Waals surface area contributed by atoms with Crippen LogP contribution in [0.1, 0.15) is 17.2 Å². The lowest BCUT2D eigenvalue weighted by atomic mass is 10.0. The van der Waals surface area contributed by atoms with Gasteiger partial charge in [-0.15, -0.1) is 0 Å². The zero-order valence-electron chi connectivity index (χ0n) is 10.3. The maximum Gasteiger partial charge on any atom is 0.138 e. The molecule has 0 radical (unpaired) electrons. The fraction of sp³-hybridized carbons (Fsp3) is 0.143. The predicted octanol–water partition coefficient (Wildman–Crippen LogP) is 4.99. The van der Waals surface area contributed by atoms with Crippen molar-refractivity contribution in [1.82, 2.24) is 0 Å². The molecule has 0 aliphatic carbocycles. The van der Waals surface area contributed by atoms with Crippen LogP contribution in [-0.4, -0.2) is 12.2 Å². The first kappa shape index (κ1) is 15.6. The molecular weight excluding hydrogens is 370 g/mol. The summed E-state index contributed by atoms with van der Waals surface area (Å²) in [4.78, 5) is 0. The molecule has 2 rings (SSSR count). The maximum atomic E-state index is 13.9. The average Bonchev–Trinajstić information content (AvgIpc) is 2.40. The lowest BCUT2D eigenvalue weighted by molar-refractivity contribution is 0.214. The van der Waals surface area contributed by atoms with Crippen LogP contribution in [0, 0.1) is 5.82 Å². The molecule has 0 heterocycles. The van der Waals surface area contributed by atoms with Crippen molar-refractivity contribution in [3.8, 4) is 5.75 Å². The van der Waals surface area contributed by atoms with Crippen LogP contribution in [0.5, 0.6) is 5.75 Å². The number of hydrogen-bond acceptors (Lipinski definition) is 2. The van der Waals surface area contributed by atoms with Crippen LogP contribution in [0.3, 0.4) is 0 Å². The highest BCUT2D eigenvalue weighted by Crippen LogP contribution is 2.38. The van der Waals surface area contributed by atoms with Crippen molar-refractivity contribution in [1.29, 1.82) is 0 Å². The molecule has 20 heavy (non-hydrogen) atoms. The van der Waals surface area contributed by atoms with E-state index < -0.39 is 11.9 Å². The van der Waals surface area contributed by atoms with Gasteiger partial charge in [0.15, 0.2) is 0 Å². The summed E-state index contributed by atoms with van der Waals surface area (Å²) in [7, 11) is 1.46. The monoisotopic (exact) mass is 378 g/mol. The Labute approximate surface area is 134 Å². The third kappa shape index (κ3) is 2.93. The van der Waals surface area contributed by atoms with Crippen LogP contribution in [0.25, 0.3) is 0 Å². The van der Waals surface area contributed by atoms with E-state index in [4.69, 9.17) is 27.9 Å². The van der Waals surface area contributed by atoms with Crippen LogP contribution in [0.15, 0.2) is 34.8 Å². The second-order valence-electron chi connectivity index (χ2n) is 4.05.